The number of hydrogen-bond acceptors (Lipinski definition) is 6. The monoisotopic (exact) mass is 523 g/mol. The smallest absolute Gasteiger partial charge is 0.348 e. The van der Waals surface area contributed by atoms with Gasteiger partial charge < -0.3 is 18.9 Å². The summed E-state index contributed by atoms with van der Waals surface area (Å²) >= 11 is 6.82. The molecule has 0 unspecified atom stereocenters. The molecule has 0 spiro atoms. The second-order valence-corrected chi connectivity index (χ2v) is 7.35. The van der Waals surface area contributed by atoms with E-state index >= 15 is 0 Å². The molecule has 2 rings (SSSR count). The SMILES string of the molecule is CCOC(=O)C(C#N)=Cc1cc(Br)c(OCCOc2ccc(Br)cc2)c(OC)c1. The topological polar surface area (TPSA) is 77.8 Å². The normalized spacial score (nSPS) is 10.8. The van der Waals surface area contributed by atoms with Gasteiger partial charge in [0.05, 0.1) is 18.2 Å². The zero-order chi connectivity index (χ0) is 21.2. The Morgan fingerprint density at radius 2 is 1.83 bits per heavy atom. The number of hydrogen-bond donors (Lipinski definition) is 0. The average molecular weight is 525 g/mol. The molecule has 152 valence electrons. The molecule has 0 saturated carbocycles. The summed E-state index contributed by atoms with van der Waals surface area (Å²) in [6.45, 7) is 2.52. The average Bonchev–Trinajstić information content (AvgIpc) is 2.71. The summed E-state index contributed by atoms with van der Waals surface area (Å²) in [6, 6.07) is 12.8. The van der Waals surface area contributed by atoms with Gasteiger partial charge in [-0.05, 0) is 70.9 Å². The first-order valence-electron chi connectivity index (χ1n) is 8.66. The van der Waals surface area contributed by atoms with Crippen molar-refractivity contribution in [1.82, 2.24) is 0 Å². The van der Waals surface area contributed by atoms with Crippen LogP contribution in [0, 0.1) is 11.3 Å². The highest BCUT2D eigenvalue weighted by molar-refractivity contribution is 9.10. The van der Waals surface area contributed by atoms with Gasteiger partial charge in [0.2, 0.25) is 0 Å². The van der Waals surface area contributed by atoms with Gasteiger partial charge >= 0.3 is 5.97 Å². The predicted molar refractivity (Wildman–Crippen MR) is 116 cm³/mol. The van der Waals surface area contributed by atoms with Crippen molar-refractivity contribution in [2.45, 2.75) is 6.92 Å². The van der Waals surface area contributed by atoms with E-state index in [1.807, 2.05) is 30.3 Å². The van der Waals surface area contributed by atoms with Crippen LogP contribution in [-0.2, 0) is 9.53 Å². The van der Waals surface area contributed by atoms with Crippen molar-refractivity contribution in [3.63, 3.8) is 0 Å². The van der Waals surface area contributed by atoms with Crippen LogP contribution in [0.25, 0.3) is 6.08 Å². The maximum Gasteiger partial charge on any atom is 0.348 e. The quantitative estimate of drug-likeness (QED) is 0.195. The van der Waals surface area contributed by atoms with Gasteiger partial charge in [0.1, 0.15) is 30.6 Å². The molecular formula is C21H19Br2NO5. The largest absolute Gasteiger partial charge is 0.493 e. The molecule has 0 saturated heterocycles. The van der Waals surface area contributed by atoms with Crippen LogP contribution in [0.4, 0.5) is 0 Å². The summed E-state index contributed by atoms with van der Waals surface area (Å²) in [5.74, 6) is 1.02. The molecule has 6 nitrogen and oxygen atoms in total. The molecule has 0 atom stereocenters. The number of halogens is 2. The molecule has 0 aliphatic rings. The fraction of sp³-hybridized carbons (Fsp3) is 0.238. The van der Waals surface area contributed by atoms with E-state index in [4.69, 9.17) is 18.9 Å². The van der Waals surface area contributed by atoms with Gasteiger partial charge in [0.25, 0.3) is 0 Å². The Bertz CT molecular complexity index is 920. The summed E-state index contributed by atoms with van der Waals surface area (Å²) < 4.78 is 23.3. The van der Waals surface area contributed by atoms with Crippen LogP contribution in [0.2, 0.25) is 0 Å². The number of nitrogens with zero attached hydrogens (tertiary/aromatic N) is 1. The summed E-state index contributed by atoms with van der Waals surface area (Å²) in [7, 11) is 1.51. The van der Waals surface area contributed by atoms with Gasteiger partial charge in [-0.1, -0.05) is 15.9 Å². The van der Waals surface area contributed by atoms with Crippen LogP contribution < -0.4 is 14.2 Å². The van der Waals surface area contributed by atoms with Crippen molar-refractivity contribution in [2.24, 2.45) is 0 Å². The minimum atomic E-state index is -0.671. The van der Waals surface area contributed by atoms with Crippen molar-refractivity contribution < 1.29 is 23.7 Å². The lowest BCUT2D eigenvalue weighted by molar-refractivity contribution is -0.137. The molecule has 0 bridgehead atoms. The van der Waals surface area contributed by atoms with E-state index in [9.17, 15) is 10.1 Å². The molecule has 0 amide bonds. The minimum Gasteiger partial charge on any atom is -0.493 e. The number of esters is 1. The molecule has 2 aromatic carbocycles. The fourth-order valence-electron chi connectivity index (χ4n) is 2.31. The first-order valence-corrected chi connectivity index (χ1v) is 10.2. The molecule has 0 radical (unpaired) electrons. The molecule has 29 heavy (non-hydrogen) atoms. The Balaban J connectivity index is 2.08. The molecule has 2 aromatic rings. The number of benzene rings is 2. The molecular weight excluding hydrogens is 506 g/mol. The van der Waals surface area contributed by atoms with Gasteiger partial charge in [-0.2, -0.15) is 5.26 Å². The van der Waals surface area contributed by atoms with Gasteiger partial charge in [0.15, 0.2) is 11.5 Å². The third-order valence-corrected chi connectivity index (χ3v) is 4.71. The first kappa shape index (κ1) is 22.8. The van der Waals surface area contributed by atoms with E-state index < -0.39 is 5.97 Å². The Morgan fingerprint density at radius 1 is 1.14 bits per heavy atom. The highest BCUT2D eigenvalue weighted by Crippen LogP contribution is 2.37. The lowest BCUT2D eigenvalue weighted by Crippen LogP contribution is -2.10. The van der Waals surface area contributed by atoms with Crippen molar-refractivity contribution in [1.29, 1.82) is 5.26 Å². The van der Waals surface area contributed by atoms with Crippen molar-refractivity contribution in [3.05, 3.63) is 56.5 Å². The summed E-state index contributed by atoms with van der Waals surface area (Å²) in [6.07, 6.45) is 1.44. The fourth-order valence-corrected chi connectivity index (χ4v) is 3.15. The molecule has 0 heterocycles. The van der Waals surface area contributed by atoms with Gasteiger partial charge in [-0.3, -0.25) is 0 Å². The van der Waals surface area contributed by atoms with Crippen molar-refractivity contribution in [2.75, 3.05) is 26.9 Å². The number of methoxy groups -OCH3 is 1. The number of ether oxygens (including phenoxy) is 4. The van der Waals surface area contributed by atoms with Gasteiger partial charge in [-0.15, -0.1) is 0 Å². The number of rotatable bonds is 9. The molecule has 8 heteroatoms. The molecule has 0 aromatic heterocycles. The molecule has 0 aliphatic carbocycles. The van der Waals surface area contributed by atoms with E-state index in [1.165, 1.54) is 13.2 Å². The number of carbonyl (C=O) groups excluding carboxylic acids is 1. The Labute approximate surface area is 186 Å². The molecule has 0 N–H and O–H groups in total. The van der Waals surface area contributed by atoms with E-state index in [2.05, 4.69) is 31.9 Å². The van der Waals surface area contributed by atoms with Crippen LogP contribution in [-0.4, -0.2) is 32.9 Å². The van der Waals surface area contributed by atoms with Crippen LogP contribution in [0.3, 0.4) is 0 Å². The van der Waals surface area contributed by atoms with E-state index in [1.54, 1.807) is 19.1 Å². The van der Waals surface area contributed by atoms with E-state index in [0.29, 0.717) is 34.7 Å². The highest BCUT2D eigenvalue weighted by atomic mass is 79.9. The molecule has 0 fully saturated rings. The van der Waals surface area contributed by atoms with Gasteiger partial charge in [0, 0.05) is 4.47 Å². The van der Waals surface area contributed by atoms with Gasteiger partial charge in [-0.25, -0.2) is 4.79 Å². The van der Waals surface area contributed by atoms with E-state index in [0.717, 1.165) is 10.2 Å². The minimum absolute atomic E-state index is 0.0997. The standard InChI is InChI=1S/C21H19Br2NO5/c1-3-27-21(25)15(13-24)10-14-11-18(23)20(19(12-14)26-2)29-9-8-28-17-6-4-16(22)5-7-17/h4-7,10-12H,3,8-9H2,1-2H3. The summed E-state index contributed by atoms with van der Waals surface area (Å²) in [4.78, 5) is 11.8. The maximum absolute atomic E-state index is 11.8. The highest BCUT2D eigenvalue weighted by Gasteiger charge is 2.14. The summed E-state index contributed by atoms with van der Waals surface area (Å²) in [5.41, 5.74) is 0.495. The second-order valence-electron chi connectivity index (χ2n) is 5.58. The summed E-state index contributed by atoms with van der Waals surface area (Å²) in [5, 5.41) is 9.18. The van der Waals surface area contributed by atoms with Crippen molar-refractivity contribution in [3.8, 4) is 23.3 Å². The van der Waals surface area contributed by atoms with Crippen molar-refractivity contribution >= 4 is 43.9 Å². The van der Waals surface area contributed by atoms with Crippen LogP contribution in [0.5, 0.6) is 17.2 Å². The van der Waals surface area contributed by atoms with E-state index in [-0.39, 0.29) is 12.2 Å². The Morgan fingerprint density at radius 3 is 2.45 bits per heavy atom. The molecule has 0 aliphatic heterocycles. The van der Waals surface area contributed by atoms with Crippen LogP contribution >= 0.6 is 31.9 Å². The maximum atomic E-state index is 11.8. The third-order valence-electron chi connectivity index (χ3n) is 3.59. The Hall–Kier alpha value is -2.50. The second kappa shape index (κ2) is 11.5. The lowest BCUT2D eigenvalue weighted by atomic mass is 10.1. The zero-order valence-corrected chi connectivity index (χ0v) is 19.1. The lowest BCUT2D eigenvalue weighted by Gasteiger charge is -2.14. The van der Waals surface area contributed by atoms with Crippen LogP contribution in [0.1, 0.15) is 12.5 Å². The zero-order valence-electron chi connectivity index (χ0n) is 15.9. The third kappa shape index (κ3) is 6.80. The predicted octanol–water partition coefficient (Wildman–Crippen LogP) is 5.15. The van der Waals surface area contributed by atoms with Crippen LogP contribution in [0.15, 0.2) is 50.9 Å². The first-order chi connectivity index (χ1) is 14.0. The Kier molecular flexibility index (Phi) is 9.03. The number of nitriles is 1. The number of carbonyl (C=O) groups is 1.